The third-order valence-electron chi connectivity index (χ3n) is 4.18. The Morgan fingerprint density at radius 2 is 2.18 bits per heavy atom. The number of aromatic nitrogens is 2. The smallest absolute Gasteiger partial charge is 0.137 e. The Bertz CT molecular complexity index is 671. The van der Waals surface area contributed by atoms with Crippen molar-refractivity contribution in [3.8, 4) is 5.69 Å². The van der Waals surface area contributed by atoms with Gasteiger partial charge in [-0.25, -0.2) is 4.68 Å². The third-order valence-corrected chi connectivity index (χ3v) is 4.81. The molecule has 0 aliphatic carbocycles. The number of benzene rings is 1. The lowest BCUT2D eigenvalue weighted by Crippen LogP contribution is -2.21. The van der Waals surface area contributed by atoms with Crippen LogP contribution in [0.25, 0.3) is 5.69 Å². The molecule has 6 heteroatoms. The maximum absolute atomic E-state index is 9.26. The highest BCUT2D eigenvalue weighted by atomic mass is 35.5. The SMILES string of the molecule is Cc1nn(-c2cccc(Cl)c2)c(Cl)c1CN1CCC(CO)C1. The molecule has 0 radical (unpaired) electrons. The quantitative estimate of drug-likeness (QED) is 0.929. The molecule has 0 spiro atoms. The number of hydrogen-bond donors (Lipinski definition) is 1. The van der Waals surface area contributed by atoms with Gasteiger partial charge in [-0.05, 0) is 44.0 Å². The number of aryl methyl sites for hydroxylation is 1. The predicted molar refractivity (Wildman–Crippen MR) is 88.8 cm³/mol. The molecule has 1 atom stereocenters. The molecule has 0 bridgehead atoms. The fourth-order valence-electron chi connectivity index (χ4n) is 2.92. The molecule has 2 aromatic rings. The highest BCUT2D eigenvalue weighted by molar-refractivity contribution is 6.31. The van der Waals surface area contributed by atoms with Crippen LogP contribution in [0.4, 0.5) is 0 Å². The van der Waals surface area contributed by atoms with E-state index < -0.39 is 0 Å². The average Bonchev–Trinajstić information content (AvgIpc) is 3.07. The second kappa shape index (κ2) is 6.59. The molecule has 1 aliphatic rings. The number of rotatable bonds is 4. The maximum atomic E-state index is 9.26. The molecule has 3 rings (SSSR count). The third kappa shape index (κ3) is 3.15. The largest absolute Gasteiger partial charge is 0.396 e. The Hall–Kier alpha value is -1.07. The second-order valence-corrected chi connectivity index (χ2v) is 6.61. The lowest BCUT2D eigenvalue weighted by molar-refractivity contribution is 0.220. The molecule has 1 aliphatic heterocycles. The first-order valence-electron chi connectivity index (χ1n) is 7.41. The Balaban J connectivity index is 1.84. The van der Waals surface area contributed by atoms with Crippen molar-refractivity contribution in [3.63, 3.8) is 0 Å². The molecule has 1 fully saturated rings. The minimum absolute atomic E-state index is 0.255. The standard InChI is InChI=1S/C16H19Cl2N3O/c1-11-15(9-20-6-5-12(8-20)10-22)16(18)21(19-11)14-4-2-3-13(17)7-14/h2-4,7,12,22H,5-6,8-10H2,1H3. The number of aliphatic hydroxyl groups excluding tert-OH is 1. The van der Waals surface area contributed by atoms with Gasteiger partial charge >= 0.3 is 0 Å². The summed E-state index contributed by atoms with van der Waals surface area (Å²) in [6.45, 7) is 4.90. The van der Waals surface area contributed by atoms with Gasteiger partial charge in [0.25, 0.3) is 0 Å². The van der Waals surface area contributed by atoms with E-state index in [1.165, 1.54) is 0 Å². The molecule has 0 saturated carbocycles. The summed E-state index contributed by atoms with van der Waals surface area (Å²) in [5.41, 5.74) is 2.83. The summed E-state index contributed by atoms with van der Waals surface area (Å²) < 4.78 is 1.73. The van der Waals surface area contributed by atoms with Crippen LogP contribution in [0.3, 0.4) is 0 Å². The summed E-state index contributed by atoms with van der Waals surface area (Å²) in [6.07, 6.45) is 1.04. The minimum Gasteiger partial charge on any atom is -0.396 e. The van der Waals surface area contributed by atoms with Crippen molar-refractivity contribution >= 4 is 23.2 Å². The van der Waals surface area contributed by atoms with Crippen LogP contribution in [-0.4, -0.2) is 39.5 Å². The minimum atomic E-state index is 0.255. The number of hydrogen-bond acceptors (Lipinski definition) is 3. The van der Waals surface area contributed by atoms with Crippen LogP contribution in [-0.2, 0) is 6.54 Å². The van der Waals surface area contributed by atoms with Crippen molar-refractivity contribution < 1.29 is 5.11 Å². The fraction of sp³-hybridized carbons (Fsp3) is 0.438. The lowest BCUT2D eigenvalue weighted by Gasteiger charge is -2.15. The van der Waals surface area contributed by atoms with Gasteiger partial charge in [0, 0.05) is 30.3 Å². The zero-order valence-electron chi connectivity index (χ0n) is 12.5. The van der Waals surface area contributed by atoms with E-state index in [0.717, 1.165) is 43.0 Å². The topological polar surface area (TPSA) is 41.3 Å². The Kier molecular flexibility index (Phi) is 4.73. The van der Waals surface area contributed by atoms with Gasteiger partial charge < -0.3 is 5.11 Å². The monoisotopic (exact) mass is 339 g/mol. The molecule has 4 nitrogen and oxygen atoms in total. The van der Waals surface area contributed by atoms with Crippen molar-refractivity contribution in [3.05, 3.63) is 45.7 Å². The summed E-state index contributed by atoms with van der Waals surface area (Å²) in [5, 5.41) is 15.1. The number of likely N-dealkylation sites (tertiary alicyclic amines) is 1. The van der Waals surface area contributed by atoms with Crippen LogP contribution in [0.5, 0.6) is 0 Å². The summed E-state index contributed by atoms with van der Waals surface area (Å²) in [6, 6.07) is 7.50. The van der Waals surface area contributed by atoms with Crippen molar-refractivity contribution in [2.24, 2.45) is 5.92 Å². The maximum Gasteiger partial charge on any atom is 0.137 e. The second-order valence-electron chi connectivity index (χ2n) is 5.82. The average molecular weight is 340 g/mol. The van der Waals surface area contributed by atoms with Crippen LogP contribution in [0.15, 0.2) is 24.3 Å². The van der Waals surface area contributed by atoms with Crippen LogP contribution >= 0.6 is 23.2 Å². The van der Waals surface area contributed by atoms with Crippen LogP contribution in [0.2, 0.25) is 10.2 Å². The highest BCUT2D eigenvalue weighted by Gasteiger charge is 2.24. The van der Waals surface area contributed by atoms with E-state index in [1.807, 2.05) is 31.2 Å². The Morgan fingerprint density at radius 1 is 1.36 bits per heavy atom. The highest BCUT2D eigenvalue weighted by Crippen LogP contribution is 2.27. The Labute approximate surface area is 140 Å². The summed E-state index contributed by atoms with van der Waals surface area (Å²) in [5.74, 6) is 0.377. The first-order valence-corrected chi connectivity index (χ1v) is 8.17. The van der Waals surface area contributed by atoms with Gasteiger partial charge in [0.2, 0.25) is 0 Å². The zero-order chi connectivity index (χ0) is 15.7. The first kappa shape index (κ1) is 15.8. The van der Waals surface area contributed by atoms with E-state index >= 15 is 0 Å². The van der Waals surface area contributed by atoms with Gasteiger partial charge in [-0.3, -0.25) is 4.90 Å². The van der Waals surface area contributed by atoms with Crippen LogP contribution < -0.4 is 0 Å². The van der Waals surface area contributed by atoms with Crippen LogP contribution in [0.1, 0.15) is 17.7 Å². The van der Waals surface area contributed by atoms with Gasteiger partial charge in [0.1, 0.15) is 5.15 Å². The van der Waals surface area contributed by atoms with Gasteiger partial charge in [0.05, 0.1) is 11.4 Å². The van der Waals surface area contributed by atoms with E-state index in [1.54, 1.807) is 4.68 Å². The van der Waals surface area contributed by atoms with Gasteiger partial charge in [-0.2, -0.15) is 5.10 Å². The van der Waals surface area contributed by atoms with Crippen molar-refractivity contribution in [1.29, 1.82) is 0 Å². The molecule has 22 heavy (non-hydrogen) atoms. The number of halogens is 2. The van der Waals surface area contributed by atoms with E-state index in [9.17, 15) is 5.11 Å². The van der Waals surface area contributed by atoms with E-state index in [2.05, 4.69) is 10.00 Å². The predicted octanol–water partition coefficient (Wildman–Crippen LogP) is 3.30. The molecule has 0 amide bonds. The van der Waals surface area contributed by atoms with Crippen molar-refractivity contribution in [2.45, 2.75) is 19.9 Å². The lowest BCUT2D eigenvalue weighted by atomic mass is 10.1. The molecule has 1 aromatic carbocycles. The van der Waals surface area contributed by atoms with E-state index in [-0.39, 0.29) is 6.61 Å². The molecule has 1 saturated heterocycles. The first-order chi connectivity index (χ1) is 10.6. The fourth-order valence-corrected chi connectivity index (χ4v) is 3.44. The summed E-state index contributed by atoms with van der Waals surface area (Å²) >= 11 is 12.6. The number of nitrogens with zero attached hydrogens (tertiary/aromatic N) is 3. The summed E-state index contributed by atoms with van der Waals surface area (Å²) in [7, 11) is 0. The molecule has 1 N–H and O–H groups in total. The molecule has 118 valence electrons. The normalized spacial score (nSPS) is 19.0. The zero-order valence-corrected chi connectivity index (χ0v) is 14.0. The van der Waals surface area contributed by atoms with Gasteiger partial charge in [-0.15, -0.1) is 0 Å². The molecular weight excluding hydrogens is 321 g/mol. The van der Waals surface area contributed by atoms with E-state index in [0.29, 0.717) is 16.1 Å². The van der Waals surface area contributed by atoms with Gasteiger partial charge in [-0.1, -0.05) is 29.3 Å². The number of aliphatic hydroxyl groups is 1. The molecule has 2 heterocycles. The van der Waals surface area contributed by atoms with Crippen LogP contribution in [0, 0.1) is 12.8 Å². The molecule has 1 unspecified atom stereocenters. The van der Waals surface area contributed by atoms with E-state index in [4.69, 9.17) is 23.2 Å². The van der Waals surface area contributed by atoms with Crippen molar-refractivity contribution in [1.82, 2.24) is 14.7 Å². The van der Waals surface area contributed by atoms with Crippen molar-refractivity contribution in [2.75, 3.05) is 19.7 Å². The summed E-state index contributed by atoms with van der Waals surface area (Å²) in [4.78, 5) is 2.32. The molecule has 1 aromatic heterocycles. The van der Waals surface area contributed by atoms with Gasteiger partial charge in [0.15, 0.2) is 0 Å². The molecular formula is C16H19Cl2N3O. The Morgan fingerprint density at radius 3 is 2.86 bits per heavy atom.